The van der Waals surface area contributed by atoms with Crippen LogP contribution in [-0.2, 0) is 24.2 Å². The van der Waals surface area contributed by atoms with Gasteiger partial charge in [0, 0.05) is 29.9 Å². The quantitative estimate of drug-likeness (QED) is 0.304. The van der Waals surface area contributed by atoms with E-state index in [1.54, 1.807) is 19.2 Å². The van der Waals surface area contributed by atoms with Crippen LogP contribution in [0.5, 0.6) is 11.6 Å². The van der Waals surface area contributed by atoms with E-state index in [0.29, 0.717) is 30.0 Å². The zero-order chi connectivity index (χ0) is 28.6. The minimum absolute atomic E-state index is 0.249. The first-order chi connectivity index (χ1) is 19.3. The lowest BCUT2D eigenvalue weighted by molar-refractivity contribution is -0.141. The number of aromatic nitrogens is 2. The lowest BCUT2D eigenvalue weighted by Crippen LogP contribution is -2.23. The molecule has 5 rings (SSSR count). The third-order valence-corrected chi connectivity index (χ3v) is 7.35. The Morgan fingerprint density at radius 1 is 1.12 bits per heavy atom. The van der Waals surface area contributed by atoms with Crippen LogP contribution in [-0.4, -0.2) is 46.1 Å². The molecule has 1 N–H and O–H groups in total. The van der Waals surface area contributed by atoms with Crippen LogP contribution < -0.4 is 9.47 Å². The van der Waals surface area contributed by atoms with E-state index in [-0.39, 0.29) is 6.10 Å². The van der Waals surface area contributed by atoms with Crippen molar-refractivity contribution < 1.29 is 23.8 Å². The molecule has 1 saturated carbocycles. The molecule has 0 amide bonds. The van der Waals surface area contributed by atoms with Crippen LogP contribution in [0.25, 0.3) is 11.1 Å². The van der Waals surface area contributed by atoms with Crippen LogP contribution in [0.3, 0.4) is 0 Å². The molecule has 214 valence electrons. The number of carboxylic acid groups (broad SMARTS) is 1. The number of pyridine rings is 2. The number of carboxylic acids is 1. The van der Waals surface area contributed by atoms with Crippen molar-refractivity contribution >= 4 is 5.97 Å². The number of carbonyl (C=O) groups is 1. The SMILES string of the molecule is C1CC1.CCN(CC)Cc1cc(C2CCc3ccc(CC(C)C(=O)O)cc3O2)ncc1-c1cc(OC)ncc1F. The highest BCUT2D eigenvalue weighted by molar-refractivity contribution is 5.70. The molecule has 2 atom stereocenters. The van der Waals surface area contributed by atoms with Crippen molar-refractivity contribution in [2.24, 2.45) is 5.92 Å². The molecule has 8 heteroatoms. The average Bonchev–Trinajstić information content (AvgIpc) is 3.86. The van der Waals surface area contributed by atoms with E-state index < -0.39 is 17.7 Å². The Balaban J connectivity index is 0.00000115. The van der Waals surface area contributed by atoms with Crippen LogP contribution in [0.2, 0.25) is 0 Å². The second kappa shape index (κ2) is 13.7. The molecular formula is C32H40FN3O4. The Bertz CT molecular complexity index is 1310. The van der Waals surface area contributed by atoms with E-state index in [1.165, 1.54) is 32.6 Å². The fourth-order valence-electron chi connectivity index (χ4n) is 4.68. The van der Waals surface area contributed by atoms with Gasteiger partial charge in [-0.05, 0) is 61.2 Å². The minimum Gasteiger partial charge on any atom is -0.484 e. The number of ether oxygens (including phenoxy) is 2. The Morgan fingerprint density at radius 2 is 1.88 bits per heavy atom. The normalized spacial score (nSPS) is 16.3. The van der Waals surface area contributed by atoms with Crippen LogP contribution in [0.1, 0.15) is 74.9 Å². The topological polar surface area (TPSA) is 84.8 Å². The highest BCUT2D eigenvalue weighted by Crippen LogP contribution is 2.37. The molecule has 40 heavy (non-hydrogen) atoms. The van der Waals surface area contributed by atoms with E-state index in [4.69, 9.17) is 14.5 Å². The molecule has 2 aromatic heterocycles. The number of hydrogen-bond donors (Lipinski definition) is 1. The number of nitrogens with zero attached hydrogens (tertiary/aromatic N) is 3. The fourth-order valence-corrected chi connectivity index (χ4v) is 4.68. The first kappa shape index (κ1) is 29.5. The van der Waals surface area contributed by atoms with Gasteiger partial charge in [0.25, 0.3) is 0 Å². The van der Waals surface area contributed by atoms with Gasteiger partial charge >= 0.3 is 5.97 Å². The Labute approximate surface area is 236 Å². The summed E-state index contributed by atoms with van der Waals surface area (Å²) >= 11 is 0. The summed E-state index contributed by atoms with van der Waals surface area (Å²) in [7, 11) is 1.51. The van der Waals surface area contributed by atoms with Gasteiger partial charge < -0.3 is 14.6 Å². The summed E-state index contributed by atoms with van der Waals surface area (Å²) in [5, 5.41) is 9.27. The number of fused-ring (bicyclic) bond motifs is 1. The maximum Gasteiger partial charge on any atom is 0.306 e. The van der Waals surface area contributed by atoms with Gasteiger partial charge in [0.2, 0.25) is 5.88 Å². The zero-order valence-corrected chi connectivity index (χ0v) is 24.0. The molecule has 0 saturated heterocycles. The third-order valence-electron chi connectivity index (χ3n) is 7.35. The number of aryl methyl sites for hydroxylation is 1. The van der Waals surface area contributed by atoms with E-state index in [2.05, 4.69) is 23.7 Å². The summed E-state index contributed by atoms with van der Waals surface area (Å²) in [5.74, 6) is -0.602. The second-order valence-electron chi connectivity index (χ2n) is 10.5. The van der Waals surface area contributed by atoms with Crippen molar-refractivity contribution in [3.63, 3.8) is 0 Å². The summed E-state index contributed by atoms with van der Waals surface area (Å²) in [4.78, 5) is 22.2. The van der Waals surface area contributed by atoms with E-state index >= 15 is 0 Å². The lowest BCUT2D eigenvalue weighted by Gasteiger charge is -2.27. The molecular weight excluding hydrogens is 509 g/mol. The van der Waals surface area contributed by atoms with Gasteiger partial charge in [0.05, 0.1) is 24.9 Å². The Hall–Kier alpha value is -3.52. The molecule has 1 aromatic carbocycles. The molecule has 3 aromatic rings. The molecule has 0 bridgehead atoms. The van der Waals surface area contributed by atoms with Crippen molar-refractivity contribution in [2.45, 2.75) is 71.9 Å². The summed E-state index contributed by atoms with van der Waals surface area (Å²) in [5.41, 5.74) is 4.90. The van der Waals surface area contributed by atoms with Gasteiger partial charge in [0.15, 0.2) is 0 Å². The van der Waals surface area contributed by atoms with Crippen molar-refractivity contribution in [1.82, 2.24) is 14.9 Å². The first-order valence-electron chi connectivity index (χ1n) is 14.2. The first-order valence-corrected chi connectivity index (χ1v) is 14.2. The van der Waals surface area contributed by atoms with Crippen LogP contribution in [0, 0.1) is 11.7 Å². The number of halogens is 1. The Morgan fingerprint density at radius 3 is 2.52 bits per heavy atom. The molecule has 7 nitrogen and oxygen atoms in total. The average molecular weight is 550 g/mol. The molecule has 1 fully saturated rings. The van der Waals surface area contributed by atoms with Gasteiger partial charge in [0.1, 0.15) is 17.7 Å². The molecule has 1 aliphatic heterocycles. The monoisotopic (exact) mass is 549 g/mol. The largest absolute Gasteiger partial charge is 0.484 e. The van der Waals surface area contributed by atoms with Crippen molar-refractivity contribution in [2.75, 3.05) is 20.2 Å². The molecule has 0 radical (unpaired) electrons. The minimum atomic E-state index is -0.815. The molecule has 2 unspecified atom stereocenters. The molecule has 1 aliphatic carbocycles. The maximum atomic E-state index is 14.9. The van der Waals surface area contributed by atoms with E-state index in [1.807, 2.05) is 24.3 Å². The fraction of sp³-hybridized carbons (Fsp3) is 0.469. The number of benzene rings is 1. The predicted octanol–water partition coefficient (Wildman–Crippen LogP) is 6.63. The van der Waals surface area contributed by atoms with Crippen molar-refractivity contribution in [3.05, 3.63) is 70.9 Å². The van der Waals surface area contributed by atoms with E-state index in [0.717, 1.165) is 54.1 Å². The number of methoxy groups -OCH3 is 1. The standard InChI is InChI=1S/C29H34FN3O4.C3H6/c1-5-33(6-2)17-21-13-25(31-15-23(21)22-14-28(36-4)32-16-24(22)30)26-10-9-20-8-7-19(12-27(20)37-26)11-18(3)29(34)35;1-2-3-1/h7-8,12-16,18,26H,5-6,9-11,17H2,1-4H3,(H,34,35);1-3H2. The second-order valence-corrected chi connectivity index (χ2v) is 10.5. The smallest absolute Gasteiger partial charge is 0.306 e. The summed E-state index contributed by atoms with van der Waals surface area (Å²) in [6, 6.07) is 9.58. The molecule has 0 spiro atoms. The van der Waals surface area contributed by atoms with Crippen LogP contribution in [0.4, 0.5) is 4.39 Å². The maximum absolute atomic E-state index is 14.9. The lowest BCUT2D eigenvalue weighted by atomic mass is 9.94. The van der Waals surface area contributed by atoms with Gasteiger partial charge in [-0.3, -0.25) is 14.7 Å². The zero-order valence-electron chi connectivity index (χ0n) is 24.0. The highest BCUT2D eigenvalue weighted by Gasteiger charge is 2.25. The number of hydrogen-bond acceptors (Lipinski definition) is 6. The number of rotatable bonds is 10. The Kier molecular flexibility index (Phi) is 10.1. The molecule has 2 aliphatic rings. The third kappa shape index (κ3) is 7.56. The van der Waals surface area contributed by atoms with E-state index in [9.17, 15) is 14.3 Å². The van der Waals surface area contributed by atoms with Gasteiger partial charge in [-0.2, -0.15) is 0 Å². The van der Waals surface area contributed by atoms with Crippen LogP contribution in [0.15, 0.2) is 42.7 Å². The highest BCUT2D eigenvalue weighted by atomic mass is 19.1. The summed E-state index contributed by atoms with van der Waals surface area (Å²) < 4.78 is 26.5. The van der Waals surface area contributed by atoms with Gasteiger partial charge in [-0.15, -0.1) is 0 Å². The summed E-state index contributed by atoms with van der Waals surface area (Å²) in [6.45, 7) is 8.27. The number of aliphatic carboxylic acids is 1. The molecule has 3 heterocycles. The van der Waals surface area contributed by atoms with Crippen molar-refractivity contribution in [3.8, 4) is 22.8 Å². The van der Waals surface area contributed by atoms with Gasteiger partial charge in [-0.1, -0.05) is 52.2 Å². The predicted molar refractivity (Wildman–Crippen MR) is 153 cm³/mol. The van der Waals surface area contributed by atoms with Crippen molar-refractivity contribution in [1.29, 1.82) is 0 Å². The van der Waals surface area contributed by atoms with Gasteiger partial charge in [-0.25, -0.2) is 9.37 Å². The van der Waals surface area contributed by atoms with Crippen LogP contribution >= 0.6 is 0 Å². The summed E-state index contributed by atoms with van der Waals surface area (Å²) in [6.07, 6.45) is 9.19.